The van der Waals surface area contributed by atoms with Gasteiger partial charge >= 0.3 is 0 Å². The second-order valence-electron chi connectivity index (χ2n) is 5.15. The number of hydrogen-bond acceptors (Lipinski definition) is 4. The molecule has 5 nitrogen and oxygen atoms in total. The van der Waals surface area contributed by atoms with Gasteiger partial charge in [0, 0.05) is 11.8 Å². The van der Waals surface area contributed by atoms with E-state index in [1.807, 2.05) is 0 Å². The highest BCUT2D eigenvalue weighted by molar-refractivity contribution is 7.90. The number of hydrogen-bond donors (Lipinski definition) is 1. The van der Waals surface area contributed by atoms with Crippen molar-refractivity contribution in [2.45, 2.75) is 36.1 Å². The zero-order chi connectivity index (χ0) is 14.8. The van der Waals surface area contributed by atoms with Gasteiger partial charge in [-0.1, -0.05) is 0 Å². The highest BCUT2D eigenvalue weighted by Crippen LogP contribution is 2.29. The molecule has 0 aliphatic heterocycles. The Morgan fingerprint density at radius 1 is 1.25 bits per heavy atom. The van der Waals surface area contributed by atoms with Crippen molar-refractivity contribution < 1.29 is 13.2 Å². The fourth-order valence-corrected chi connectivity index (χ4v) is 3.02. The van der Waals surface area contributed by atoms with Gasteiger partial charge in [0.1, 0.15) is 5.54 Å². The summed E-state index contributed by atoms with van der Waals surface area (Å²) in [6, 6.07) is 7.92. The summed E-state index contributed by atoms with van der Waals surface area (Å²) in [5, 5.41) is 12.0. The highest BCUT2D eigenvalue weighted by Gasteiger charge is 2.35. The van der Waals surface area contributed by atoms with E-state index in [0.717, 1.165) is 19.1 Å². The van der Waals surface area contributed by atoms with Gasteiger partial charge in [-0.2, -0.15) is 5.26 Å². The Balaban J connectivity index is 2.16. The van der Waals surface area contributed by atoms with E-state index in [1.165, 1.54) is 24.3 Å². The van der Waals surface area contributed by atoms with E-state index >= 15 is 0 Å². The summed E-state index contributed by atoms with van der Waals surface area (Å²) in [7, 11) is -3.27. The van der Waals surface area contributed by atoms with Crippen molar-refractivity contribution in [3.63, 3.8) is 0 Å². The summed E-state index contributed by atoms with van der Waals surface area (Å²) >= 11 is 0. The number of carbonyl (C=O) groups is 1. The Labute approximate surface area is 118 Å². The van der Waals surface area contributed by atoms with E-state index in [9.17, 15) is 18.5 Å². The molecule has 6 heteroatoms. The van der Waals surface area contributed by atoms with Crippen LogP contribution >= 0.6 is 0 Å². The van der Waals surface area contributed by atoms with Gasteiger partial charge in [0.25, 0.3) is 5.91 Å². The number of benzene rings is 1. The van der Waals surface area contributed by atoms with E-state index in [2.05, 4.69) is 11.4 Å². The van der Waals surface area contributed by atoms with Gasteiger partial charge in [-0.25, -0.2) is 8.42 Å². The summed E-state index contributed by atoms with van der Waals surface area (Å²) in [5.74, 6) is -0.339. The van der Waals surface area contributed by atoms with Crippen LogP contribution in [0.25, 0.3) is 0 Å². The third kappa shape index (κ3) is 2.99. The van der Waals surface area contributed by atoms with Crippen molar-refractivity contribution in [1.82, 2.24) is 5.32 Å². The predicted octanol–water partition coefficient (Wildman–Crippen LogP) is 1.66. The van der Waals surface area contributed by atoms with Crippen LogP contribution in [0.4, 0.5) is 0 Å². The first-order valence-electron chi connectivity index (χ1n) is 6.40. The Hall–Kier alpha value is -1.87. The Kier molecular flexibility index (Phi) is 3.82. The minimum Gasteiger partial charge on any atom is -0.334 e. The lowest BCUT2D eigenvalue weighted by Gasteiger charge is -2.21. The predicted molar refractivity (Wildman–Crippen MR) is 73.8 cm³/mol. The van der Waals surface area contributed by atoms with Crippen molar-refractivity contribution in [1.29, 1.82) is 5.26 Å². The minimum atomic E-state index is -3.27. The average molecular weight is 292 g/mol. The monoisotopic (exact) mass is 292 g/mol. The fourth-order valence-electron chi connectivity index (χ4n) is 2.39. The summed E-state index contributed by atoms with van der Waals surface area (Å²) in [5.41, 5.74) is -0.411. The number of rotatable bonds is 3. The maximum Gasteiger partial charge on any atom is 0.252 e. The molecule has 2 rings (SSSR count). The first-order valence-corrected chi connectivity index (χ1v) is 8.29. The zero-order valence-corrected chi connectivity index (χ0v) is 12.0. The van der Waals surface area contributed by atoms with E-state index in [4.69, 9.17) is 0 Å². The molecular weight excluding hydrogens is 276 g/mol. The van der Waals surface area contributed by atoms with E-state index in [1.54, 1.807) is 0 Å². The first kappa shape index (κ1) is 14.5. The number of amides is 1. The molecule has 106 valence electrons. The molecule has 0 saturated heterocycles. The van der Waals surface area contributed by atoms with Gasteiger partial charge in [-0.05, 0) is 49.9 Å². The van der Waals surface area contributed by atoms with Crippen LogP contribution in [0.5, 0.6) is 0 Å². The van der Waals surface area contributed by atoms with E-state index < -0.39 is 15.4 Å². The molecule has 1 aliphatic rings. The molecule has 0 atom stereocenters. The van der Waals surface area contributed by atoms with Gasteiger partial charge < -0.3 is 5.32 Å². The second kappa shape index (κ2) is 5.25. The summed E-state index contributed by atoms with van der Waals surface area (Å²) in [6.45, 7) is 0. The van der Waals surface area contributed by atoms with Crippen LogP contribution in [-0.2, 0) is 9.84 Å². The lowest BCUT2D eigenvalue weighted by atomic mass is 9.99. The number of carbonyl (C=O) groups excluding carboxylic acids is 1. The Bertz CT molecular complexity index is 651. The molecule has 1 aromatic rings. The lowest BCUT2D eigenvalue weighted by molar-refractivity contribution is 0.0920. The molecular formula is C14H16N2O3S. The topological polar surface area (TPSA) is 87.0 Å². The number of nitriles is 1. The van der Waals surface area contributed by atoms with Gasteiger partial charge in [0.15, 0.2) is 9.84 Å². The molecule has 0 heterocycles. The van der Waals surface area contributed by atoms with Crippen LogP contribution in [0, 0.1) is 11.3 Å². The Morgan fingerprint density at radius 3 is 2.25 bits per heavy atom. The third-order valence-electron chi connectivity index (χ3n) is 3.57. The van der Waals surface area contributed by atoms with E-state index in [-0.39, 0.29) is 10.8 Å². The standard InChI is InChI=1S/C14H16N2O3S/c1-20(18,19)12-6-4-11(5-7-12)13(17)16-14(10-15)8-2-3-9-14/h4-7H,2-3,8-9H2,1H3,(H,16,17). The maximum absolute atomic E-state index is 12.1. The van der Waals surface area contributed by atoms with Gasteiger partial charge in [-0.15, -0.1) is 0 Å². The SMILES string of the molecule is CS(=O)(=O)c1ccc(C(=O)NC2(C#N)CCCC2)cc1. The highest BCUT2D eigenvalue weighted by atomic mass is 32.2. The molecule has 1 N–H and O–H groups in total. The second-order valence-corrected chi connectivity index (χ2v) is 7.17. The first-order chi connectivity index (χ1) is 9.36. The molecule has 0 radical (unpaired) electrons. The summed E-state index contributed by atoms with van der Waals surface area (Å²) < 4.78 is 22.7. The number of sulfone groups is 1. The molecule has 20 heavy (non-hydrogen) atoms. The molecule has 1 aliphatic carbocycles. The van der Waals surface area contributed by atoms with Crippen molar-refractivity contribution in [2.75, 3.05) is 6.26 Å². The van der Waals surface area contributed by atoms with Gasteiger partial charge in [-0.3, -0.25) is 4.79 Å². The van der Waals surface area contributed by atoms with Crippen molar-refractivity contribution >= 4 is 15.7 Å². The van der Waals surface area contributed by atoms with Crippen LogP contribution < -0.4 is 5.32 Å². The fraction of sp³-hybridized carbons (Fsp3) is 0.429. The zero-order valence-electron chi connectivity index (χ0n) is 11.2. The minimum absolute atomic E-state index is 0.171. The number of nitrogens with zero attached hydrogens (tertiary/aromatic N) is 1. The lowest BCUT2D eigenvalue weighted by Crippen LogP contribution is -2.45. The summed E-state index contributed by atoms with van der Waals surface area (Å²) in [4.78, 5) is 12.3. The van der Waals surface area contributed by atoms with Crippen molar-refractivity contribution in [3.05, 3.63) is 29.8 Å². The summed E-state index contributed by atoms with van der Waals surface area (Å²) in [6.07, 6.45) is 4.31. The quantitative estimate of drug-likeness (QED) is 0.917. The van der Waals surface area contributed by atoms with Gasteiger partial charge in [0.2, 0.25) is 0 Å². The van der Waals surface area contributed by atoms with Crippen LogP contribution in [0.3, 0.4) is 0 Å². The average Bonchev–Trinajstić information content (AvgIpc) is 2.87. The Morgan fingerprint density at radius 2 is 1.80 bits per heavy atom. The molecule has 0 bridgehead atoms. The number of nitrogens with one attached hydrogen (secondary N) is 1. The third-order valence-corrected chi connectivity index (χ3v) is 4.70. The van der Waals surface area contributed by atoms with Gasteiger partial charge in [0.05, 0.1) is 11.0 Å². The van der Waals surface area contributed by atoms with Crippen LogP contribution in [0.1, 0.15) is 36.0 Å². The normalized spacial score (nSPS) is 17.4. The smallest absolute Gasteiger partial charge is 0.252 e. The maximum atomic E-state index is 12.1. The molecule has 0 spiro atoms. The van der Waals surface area contributed by atoms with Crippen LogP contribution in [0.2, 0.25) is 0 Å². The van der Waals surface area contributed by atoms with Crippen LogP contribution in [-0.4, -0.2) is 26.1 Å². The van der Waals surface area contributed by atoms with Crippen LogP contribution in [0.15, 0.2) is 29.2 Å². The molecule has 0 aromatic heterocycles. The molecule has 1 fully saturated rings. The molecule has 1 amide bonds. The molecule has 1 saturated carbocycles. The largest absolute Gasteiger partial charge is 0.334 e. The molecule has 0 unspecified atom stereocenters. The van der Waals surface area contributed by atoms with Crippen molar-refractivity contribution in [2.24, 2.45) is 0 Å². The molecule has 1 aromatic carbocycles. The van der Waals surface area contributed by atoms with Crippen molar-refractivity contribution in [3.8, 4) is 6.07 Å². The van der Waals surface area contributed by atoms with E-state index in [0.29, 0.717) is 18.4 Å².